The van der Waals surface area contributed by atoms with E-state index in [9.17, 15) is 14.4 Å². The van der Waals surface area contributed by atoms with Crippen molar-refractivity contribution in [2.45, 2.75) is 27.2 Å². The van der Waals surface area contributed by atoms with Gasteiger partial charge in [-0.15, -0.1) is 0 Å². The minimum atomic E-state index is -0.446. The molecule has 1 aliphatic rings. The van der Waals surface area contributed by atoms with Crippen LogP contribution < -0.4 is 0 Å². The number of ketones is 1. The molecule has 0 unspecified atom stereocenters. The summed E-state index contributed by atoms with van der Waals surface area (Å²) in [4.78, 5) is 37.1. The van der Waals surface area contributed by atoms with Gasteiger partial charge in [0, 0.05) is 18.4 Å². The van der Waals surface area contributed by atoms with Gasteiger partial charge in [0.05, 0.1) is 11.1 Å². The molecular weight excluding hydrogens is 242 g/mol. The van der Waals surface area contributed by atoms with Gasteiger partial charge in [-0.2, -0.15) is 0 Å². The van der Waals surface area contributed by atoms with E-state index in [1.807, 2.05) is 20.8 Å². The number of rotatable bonds is 3. The van der Waals surface area contributed by atoms with Crippen molar-refractivity contribution in [3.63, 3.8) is 0 Å². The largest absolute Gasteiger partial charge is 0.299 e. The Morgan fingerprint density at radius 1 is 1.05 bits per heavy atom. The number of hydrogen-bond acceptors (Lipinski definition) is 3. The summed E-state index contributed by atoms with van der Waals surface area (Å²) in [5.74, 6) is -0.561. The SMILES string of the molecule is CC(C)(C)C(=O)CCN1C(=O)c2ccccc2C1=O. The van der Waals surface area contributed by atoms with Crippen molar-refractivity contribution >= 4 is 17.6 Å². The van der Waals surface area contributed by atoms with E-state index in [1.54, 1.807) is 24.3 Å². The van der Waals surface area contributed by atoms with Crippen molar-refractivity contribution in [2.75, 3.05) is 6.54 Å². The highest BCUT2D eigenvalue weighted by molar-refractivity contribution is 6.21. The lowest BCUT2D eigenvalue weighted by Crippen LogP contribution is -2.33. The summed E-state index contributed by atoms with van der Waals surface area (Å²) in [6, 6.07) is 6.74. The molecule has 0 saturated heterocycles. The molecule has 0 spiro atoms. The van der Waals surface area contributed by atoms with Crippen LogP contribution in [0.1, 0.15) is 47.9 Å². The molecule has 100 valence electrons. The number of carbonyl (C=O) groups excluding carboxylic acids is 3. The van der Waals surface area contributed by atoms with E-state index in [-0.39, 0.29) is 30.6 Å². The summed E-state index contributed by atoms with van der Waals surface area (Å²) in [6.07, 6.45) is 0.203. The summed E-state index contributed by atoms with van der Waals surface area (Å²) in [6.45, 7) is 5.65. The molecule has 2 amide bonds. The van der Waals surface area contributed by atoms with E-state index in [2.05, 4.69) is 0 Å². The van der Waals surface area contributed by atoms with Gasteiger partial charge < -0.3 is 0 Å². The van der Waals surface area contributed by atoms with Crippen LogP contribution in [0, 0.1) is 5.41 Å². The molecule has 4 nitrogen and oxygen atoms in total. The van der Waals surface area contributed by atoms with Crippen molar-refractivity contribution in [2.24, 2.45) is 5.41 Å². The van der Waals surface area contributed by atoms with Gasteiger partial charge in [-0.05, 0) is 12.1 Å². The minimum absolute atomic E-state index is 0.0454. The highest BCUT2D eigenvalue weighted by Crippen LogP contribution is 2.23. The molecule has 0 radical (unpaired) electrons. The Hall–Kier alpha value is -1.97. The standard InChI is InChI=1S/C15H17NO3/c1-15(2,3)12(17)8-9-16-13(18)10-6-4-5-7-11(10)14(16)19/h4-7H,8-9H2,1-3H3. The van der Waals surface area contributed by atoms with Crippen LogP contribution in [0.4, 0.5) is 0 Å². The van der Waals surface area contributed by atoms with E-state index in [0.29, 0.717) is 11.1 Å². The van der Waals surface area contributed by atoms with E-state index < -0.39 is 5.41 Å². The Balaban J connectivity index is 2.11. The summed E-state index contributed by atoms with van der Waals surface area (Å²) < 4.78 is 0. The van der Waals surface area contributed by atoms with E-state index in [4.69, 9.17) is 0 Å². The molecular formula is C15H17NO3. The maximum absolute atomic E-state index is 12.1. The van der Waals surface area contributed by atoms with Crippen LogP contribution in [0.5, 0.6) is 0 Å². The van der Waals surface area contributed by atoms with Crippen LogP contribution in [0.25, 0.3) is 0 Å². The van der Waals surface area contributed by atoms with Crippen LogP contribution in [0.2, 0.25) is 0 Å². The fourth-order valence-corrected chi connectivity index (χ4v) is 2.03. The van der Waals surface area contributed by atoms with Crippen LogP contribution in [0.15, 0.2) is 24.3 Å². The van der Waals surface area contributed by atoms with Gasteiger partial charge in [0.1, 0.15) is 5.78 Å². The lowest BCUT2D eigenvalue weighted by atomic mass is 9.89. The molecule has 0 saturated carbocycles. The van der Waals surface area contributed by atoms with E-state index in [0.717, 1.165) is 4.90 Å². The fourth-order valence-electron chi connectivity index (χ4n) is 2.03. The van der Waals surface area contributed by atoms with Crippen molar-refractivity contribution in [1.82, 2.24) is 4.90 Å². The van der Waals surface area contributed by atoms with Crippen molar-refractivity contribution in [3.05, 3.63) is 35.4 Å². The van der Waals surface area contributed by atoms with Gasteiger partial charge in [-0.3, -0.25) is 19.3 Å². The number of imide groups is 1. The van der Waals surface area contributed by atoms with E-state index in [1.165, 1.54) is 0 Å². The normalized spacial score (nSPS) is 14.8. The van der Waals surface area contributed by atoms with Crippen molar-refractivity contribution < 1.29 is 14.4 Å². The fraction of sp³-hybridized carbons (Fsp3) is 0.400. The molecule has 0 fully saturated rings. The Morgan fingerprint density at radius 3 is 1.95 bits per heavy atom. The third-order valence-electron chi connectivity index (χ3n) is 3.28. The first-order chi connectivity index (χ1) is 8.82. The molecule has 1 aromatic carbocycles. The summed E-state index contributed by atoms with van der Waals surface area (Å²) in [5, 5.41) is 0. The molecule has 1 aliphatic heterocycles. The third-order valence-corrected chi connectivity index (χ3v) is 3.28. The number of amides is 2. The molecule has 0 bridgehead atoms. The predicted molar refractivity (Wildman–Crippen MR) is 70.9 cm³/mol. The molecule has 19 heavy (non-hydrogen) atoms. The van der Waals surface area contributed by atoms with Crippen LogP contribution in [-0.4, -0.2) is 29.0 Å². The number of benzene rings is 1. The Morgan fingerprint density at radius 2 is 1.53 bits per heavy atom. The number of carbonyl (C=O) groups is 3. The zero-order valence-corrected chi connectivity index (χ0v) is 11.4. The van der Waals surface area contributed by atoms with Gasteiger partial charge in [-0.1, -0.05) is 32.9 Å². The lowest BCUT2D eigenvalue weighted by molar-refractivity contribution is -0.126. The Bertz CT molecular complexity index is 520. The zero-order chi connectivity index (χ0) is 14.2. The summed E-state index contributed by atoms with van der Waals surface area (Å²) in [7, 11) is 0. The maximum atomic E-state index is 12.1. The molecule has 4 heteroatoms. The lowest BCUT2D eigenvalue weighted by Gasteiger charge is -2.19. The monoisotopic (exact) mass is 259 g/mol. The molecule has 0 atom stereocenters. The molecule has 0 aliphatic carbocycles. The van der Waals surface area contributed by atoms with E-state index >= 15 is 0 Å². The average molecular weight is 259 g/mol. The Labute approximate surface area is 112 Å². The van der Waals surface area contributed by atoms with Crippen LogP contribution in [0.3, 0.4) is 0 Å². The second-order valence-electron chi connectivity index (χ2n) is 5.73. The summed E-state index contributed by atoms with van der Waals surface area (Å²) in [5.41, 5.74) is 0.407. The molecule has 1 aromatic rings. The zero-order valence-electron chi connectivity index (χ0n) is 11.4. The van der Waals surface area contributed by atoms with Crippen molar-refractivity contribution in [3.8, 4) is 0 Å². The number of fused-ring (bicyclic) bond motifs is 1. The third kappa shape index (κ3) is 2.43. The molecule has 0 aromatic heterocycles. The first-order valence-corrected chi connectivity index (χ1v) is 6.31. The van der Waals surface area contributed by atoms with Gasteiger partial charge >= 0.3 is 0 Å². The smallest absolute Gasteiger partial charge is 0.261 e. The maximum Gasteiger partial charge on any atom is 0.261 e. The highest BCUT2D eigenvalue weighted by atomic mass is 16.2. The molecule has 1 heterocycles. The van der Waals surface area contributed by atoms with Gasteiger partial charge in [0.25, 0.3) is 11.8 Å². The number of nitrogens with zero attached hydrogens (tertiary/aromatic N) is 1. The number of Topliss-reactive ketones (excluding diaryl/α,β-unsaturated/α-hetero) is 1. The first-order valence-electron chi connectivity index (χ1n) is 6.31. The second kappa shape index (κ2) is 4.61. The van der Waals surface area contributed by atoms with Gasteiger partial charge in [0.2, 0.25) is 0 Å². The molecule has 2 rings (SSSR count). The van der Waals surface area contributed by atoms with Crippen LogP contribution >= 0.6 is 0 Å². The summed E-state index contributed by atoms with van der Waals surface area (Å²) >= 11 is 0. The number of hydrogen-bond donors (Lipinski definition) is 0. The predicted octanol–water partition coefficient (Wildman–Crippen LogP) is 2.29. The quantitative estimate of drug-likeness (QED) is 0.782. The second-order valence-corrected chi connectivity index (χ2v) is 5.73. The van der Waals surface area contributed by atoms with Gasteiger partial charge in [-0.25, -0.2) is 0 Å². The van der Waals surface area contributed by atoms with Gasteiger partial charge in [0.15, 0.2) is 0 Å². The Kier molecular flexibility index (Phi) is 3.27. The molecule has 0 N–H and O–H groups in total. The highest BCUT2D eigenvalue weighted by Gasteiger charge is 2.35. The van der Waals surface area contributed by atoms with Crippen molar-refractivity contribution in [1.29, 1.82) is 0 Å². The van der Waals surface area contributed by atoms with Crippen LogP contribution in [-0.2, 0) is 4.79 Å². The topological polar surface area (TPSA) is 54.5 Å². The minimum Gasteiger partial charge on any atom is -0.299 e. The first kappa shape index (κ1) is 13.5. The average Bonchev–Trinajstić information content (AvgIpc) is 2.59.